The van der Waals surface area contributed by atoms with Crippen LogP contribution in [0.1, 0.15) is 54.4 Å². The normalized spacial score (nSPS) is 11.9. The quantitative estimate of drug-likeness (QED) is 0.337. The van der Waals surface area contributed by atoms with Gasteiger partial charge in [-0.25, -0.2) is 4.98 Å². The Morgan fingerprint density at radius 3 is 2.67 bits per heavy atom. The third-order valence-electron chi connectivity index (χ3n) is 5.92. The highest BCUT2D eigenvalue weighted by molar-refractivity contribution is 5.93. The number of benzene rings is 2. The minimum atomic E-state index is -0.161. The van der Waals surface area contributed by atoms with Gasteiger partial charge in [0, 0.05) is 18.9 Å². The molecule has 2 heterocycles. The third kappa shape index (κ3) is 5.58. The van der Waals surface area contributed by atoms with E-state index in [0.29, 0.717) is 24.6 Å². The van der Waals surface area contributed by atoms with Crippen molar-refractivity contribution >= 4 is 16.9 Å². The predicted octanol–water partition coefficient (Wildman–Crippen LogP) is 5.34. The van der Waals surface area contributed by atoms with Crippen molar-refractivity contribution < 1.29 is 9.53 Å². The van der Waals surface area contributed by atoms with Crippen molar-refractivity contribution in [1.82, 2.24) is 19.9 Å². The smallest absolute Gasteiger partial charge is 0.253 e. The van der Waals surface area contributed by atoms with Crippen LogP contribution in [0.3, 0.4) is 0 Å². The largest absolute Gasteiger partial charge is 0.494 e. The van der Waals surface area contributed by atoms with E-state index in [1.54, 1.807) is 24.5 Å². The summed E-state index contributed by atoms with van der Waals surface area (Å²) in [5, 5.41) is 2.96. The van der Waals surface area contributed by atoms with Crippen LogP contribution in [-0.2, 0) is 13.1 Å². The van der Waals surface area contributed by atoms with Gasteiger partial charge < -0.3 is 14.6 Å². The summed E-state index contributed by atoms with van der Waals surface area (Å²) in [6.07, 6.45) is 5.17. The molecular weight excluding hydrogens is 412 g/mol. The van der Waals surface area contributed by atoms with Crippen LogP contribution in [0.5, 0.6) is 5.75 Å². The number of para-hydroxylation sites is 2. The molecule has 4 aromatic rings. The van der Waals surface area contributed by atoms with Crippen LogP contribution in [0.25, 0.3) is 11.0 Å². The van der Waals surface area contributed by atoms with Gasteiger partial charge in [-0.2, -0.15) is 0 Å². The molecule has 1 N–H and O–H groups in total. The maximum absolute atomic E-state index is 12.4. The molecule has 1 unspecified atom stereocenters. The highest BCUT2D eigenvalue weighted by atomic mass is 16.5. The number of carbonyl (C=O) groups is 1. The van der Waals surface area contributed by atoms with Gasteiger partial charge >= 0.3 is 0 Å². The van der Waals surface area contributed by atoms with Gasteiger partial charge in [-0.15, -0.1) is 0 Å². The molecular formula is C27H30N4O2. The van der Waals surface area contributed by atoms with Crippen molar-refractivity contribution in [3.8, 4) is 5.75 Å². The fraction of sp³-hybridized carbons (Fsp3) is 0.296. The number of ether oxygens (including phenoxy) is 1. The van der Waals surface area contributed by atoms with E-state index in [0.717, 1.165) is 42.0 Å². The Labute approximate surface area is 194 Å². The lowest BCUT2D eigenvalue weighted by molar-refractivity contribution is 0.0949. The van der Waals surface area contributed by atoms with Crippen molar-refractivity contribution in [2.24, 2.45) is 0 Å². The first kappa shape index (κ1) is 22.5. The van der Waals surface area contributed by atoms with E-state index in [1.807, 2.05) is 30.3 Å². The van der Waals surface area contributed by atoms with Gasteiger partial charge in [-0.3, -0.25) is 9.78 Å². The minimum Gasteiger partial charge on any atom is -0.494 e. The first-order valence-corrected chi connectivity index (χ1v) is 11.5. The second kappa shape index (κ2) is 10.8. The Hall–Kier alpha value is -3.67. The van der Waals surface area contributed by atoms with Crippen LogP contribution in [-0.4, -0.2) is 27.0 Å². The minimum absolute atomic E-state index is 0.161. The molecule has 1 amide bonds. The number of aryl methyl sites for hydroxylation is 1. The Balaban J connectivity index is 1.38. The van der Waals surface area contributed by atoms with Crippen molar-refractivity contribution in [2.45, 2.75) is 45.7 Å². The summed E-state index contributed by atoms with van der Waals surface area (Å²) in [4.78, 5) is 21.2. The lowest BCUT2D eigenvalue weighted by Crippen LogP contribution is -2.25. The monoisotopic (exact) mass is 442 g/mol. The van der Waals surface area contributed by atoms with E-state index < -0.39 is 0 Å². The molecule has 0 saturated heterocycles. The molecule has 0 bridgehead atoms. The molecule has 33 heavy (non-hydrogen) atoms. The average Bonchev–Trinajstić information content (AvgIpc) is 3.23. The molecule has 0 radical (unpaired) electrons. The van der Waals surface area contributed by atoms with Gasteiger partial charge in [0.05, 0.1) is 29.7 Å². The second-order valence-corrected chi connectivity index (χ2v) is 8.17. The number of hydrogen-bond acceptors (Lipinski definition) is 4. The van der Waals surface area contributed by atoms with Crippen molar-refractivity contribution in [3.63, 3.8) is 0 Å². The molecule has 0 saturated carbocycles. The number of imidazole rings is 1. The summed E-state index contributed by atoms with van der Waals surface area (Å²) < 4.78 is 8.13. The number of rotatable bonds is 10. The molecule has 1 atom stereocenters. The number of fused-ring (bicyclic) bond motifs is 1. The zero-order valence-electron chi connectivity index (χ0n) is 19.2. The van der Waals surface area contributed by atoms with Crippen molar-refractivity contribution in [2.75, 3.05) is 6.61 Å². The zero-order chi connectivity index (χ0) is 23.0. The summed E-state index contributed by atoms with van der Waals surface area (Å²) >= 11 is 0. The van der Waals surface area contributed by atoms with E-state index in [2.05, 4.69) is 46.9 Å². The summed E-state index contributed by atoms with van der Waals surface area (Å²) in [5.74, 6) is 2.12. The Bertz CT molecular complexity index is 1190. The Kier molecular flexibility index (Phi) is 7.35. The number of amides is 1. The van der Waals surface area contributed by atoms with Crippen molar-refractivity contribution in [1.29, 1.82) is 0 Å². The molecule has 170 valence electrons. The summed E-state index contributed by atoms with van der Waals surface area (Å²) in [5.41, 5.74) is 3.85. The molecule has 0 aliphatic carbocycles. The Morgan fingerprint density at radius 1 is 1.09 bits per heavy atom. The van der Waals surface area contributed by atoms with Gasteiger partial charge in [0.25, 0.3) is 5.91 Å². The fourth-order valence-electron chi connectivity index (χ4n) is 3.81. The third-order valence-corrected chi connectivity index (χ3v) is 5.92. The highest BCUT2D eigenvalue weighted by Crippen LogP contribution is 2.22. The topological polar surface area (TPSA) is 69.0 Å². The van der Waals surface area contributed by atoms with Crippen LogP contribution in [0.2, 0.25) is 0 Å². The van der Waals surface area contributed by atoms with E-state index in [9.17, 15) is 4.79 Å². The van der Waals surface area contributed by atoms with E-state index in [1.165, 1.54) is 5.56 Å². The van der Waals surface area contributed by atoms with E-state index >= 15 is 0 Å². The first-order valence-electron chi connectivity index (χ1n) is 11.5. The van der Waals surface area contributed by atoms with E-state index in [-0.39, 0.29) is 5.91 Å². The van der Waals surface area contributed by atoms with Gasteiger partial charge in [0.1, 0.15) is 11.6 Å². The van der Waals surface area contributed by atoms with Crippen LogP contribution in [0.4, 0.5) is 0 Å². The van der Waals surface area contributed by atoms with Crippen molar-refractivity contribution in [3.05, 3.63) is 90.0 Å². The predicted molar refractivity (Wildman–Crippen MR) is 130 cm³/mol. The van der Waals surface area contributed by atoms with Gasteiger partial charge in [0.2, 0.25) is 0 Å². The molecule has 6 nitrogen and oxygen atoms in total. The highest BCUT2D eigenvalue weighted by Gasteiger charge is 2.12. The number of nitrogens with one attached hydrogen (secondary N) is 1. The molecule has 0 aliphatic rings. The maximum Gasteiger partial charge on any atom is 0.253 e. The van der Waals surface area contributed by atoms with Gasteiger partial charge in [-0.05, 0) is 60.7 Å². The molecule has 4 rings (SSSR count). The Morgan fingerprint density at radius 2 is 1.91 bits per heavy atom. The summed E-state index contributed by atoms with van der Waals surface area (Å²) in [7, 11) is 0. The van der Waals surface area contributed by atoms with Crippen LogP contribution >= 0.6 is 0 Å². The van der Waals surface area contributed by atoms with Crippen LogP contribution < -0.4 is 10.1 Å². The van der Waals surface area contributed by atoms with Gasteiger partial charge in [-0.1, -0.05) is 38.1 Å². The SMILES string of the molecule is CCC(C)c1ccc(OCCCn2c(CNC(=O)c3cccnc3)nc3ccccc32)cc1. The maximum atomic E-state index is 12.4. The number of pyridine rings is 1. The lowest BCUT2D eigenvalue weighted by atomic mass is 9.99. The zero-order valence-corrected chi connectivity index (χ0v) is 19.2. The molecule has 0 aliphatic heterocycles. The van der Waals surface area contributed by atoms with E-state index in [4.69, 9.17) is 9.72 Å². The summed E-state index contributed by atoms with van der Waals surface area (Å²) in [6.45, 7) is 6.15. The number of hydrogen-bond donors (Lipinski definition) is 1. The standard InChI is InChI=1S/C27H30N4O2/c1-3-20(2)21-11-13-23(14-12-21)33-17-7-16-31-25-10-5-4-9-24(25)30-26(31)19-29-27(32)22-8-6-15-28-18-22/h4-6,8-15,18,20H,3,7,16-17,19H2,1-2H3,(H,29,32). The van der Waals surface area contributed by atoms with Gasteiger partial charge in [0.15, 0.2) is 0 Å². The van der Waals surface area contributed by atoms with Crippen LogP contribution in [0, 0.1) is 0 Å². The average molecular weight is 443 g/mol. The molecule has 0 spiro atoms. The molecule has 2 aromatic heterocycles. The number of carbonyl (C=O) groups excluding carboxylic acids is 1. The van der Waals surface area contributed by atoms with Crippen LogP contribution in [0.15, 0.2) is 73.1 Å². The fourth-order valence-corrected chi connectivity index (χ4v) is 3.81. The lowest BCUT2D eigenvalue weighted by Gasteiger charge is -2.12. The number of aromatic nitrogens is 3. The summed E-state index contributed by atoms with van der Waals surface area (Å²) in [6, 6.07) is 19.9. The number of nitrogens with zero attached hydrogens (tertiary/aromatic N) is 3. The molecule has 2 aromatic carbocycles. The second-order valence-electron chi connectivity index (χ2n) is 8.17. The molecule has 6 heteroatoms. The molecule has 0 fully saturated rings. The first-order chi connectivity index (χ1) is 16.2.